The molecule has 20 heavy (non-hydrogen) atoms. The largest absolute Gasteiger partial charge is 0.381 e. The molecule has 0 saturated carbocycles. The lowest BCUT2D eigenvalue weighted by atomic mass is 9.88. The molecule has 1 aliphatic heterocycles. The monoisotopic (exact) mass is 275 g/mol. The number of rotatable bonds is 6. The Labute approximate surface area is 123 Å². The summed E-state index contributed by atoms with van der Waals surface area (Å²) in [4.78, 5) is 0. The molecule has 1 saturated heterocycles. The number of nitrogens with one attached hydrogen (secondary N) is 1. The van der Waals surface area contributed by atoms with Crippen molar-refractivity contribution in [2.75, 3.05) is 19.8 Å². The molecule has 2 rings (SSSR count). The second-order valence-corrected chi connectivity index (χ2v) is 6.35. The maximum Gasteiger partial charge on any atom is 0.0512 e. The number of ether oxygens (including phenoxy) is 1. The summed E-state index contributed by atoms with van der Waals surface area (Å²) in [6.45, 7) is 9.57. The van der Waals surface area contributed by atoms with Crippen LogP contribution in [-0.4, -0.2) is 19.8 Å². The van der Waals surface area contributed by atoms with Gasteiger partial charge in [0, 0.05) is 18.6 Å². The second-order valence-electron chi connectivity index (χ2n) is 6.35. The quantitative estimate of drug-likeness (QED) is 0.848. The summed E-state index contributed by atoms with van der Waals surface area (Å²) in [5.74, 6) is 1.33. The van der Waals surface area contributed by atoms with Crippen molar-refractivity contribution in [1.29, 1.82) is 0 Å². The fourth-order valence-electron chi connectivity index (χ4n) is 3.14. The zero-order valence-corrected chi connectivity index (χ0v) is 13.2. The summed E-state index contributed by atoms with van der Waals surface area (Å²) in [5, 5.41) is 3.65. The van der Waals surface area contributed by atoms with Gasteiger partial charge in [0.05, 0.1) is 6.61 Å². The van der Waals surface area contributed by atoms with Gasteiger partial charge in [0.15, 0.2) is 0 Å². The Morgan fingerprint density at radius 1 is 1.25 bits per heavy atom. The minimum Gasteiger partial charge on any atom is -0.381 e. The lowest BCUT2D eigenvalue weighted by Crippen LogP contribution is -2.33. The van der Waals surface area contributed by atoms with Gasteiger partial charge in [-0.25, -0.2) is 0 Å². The van der Waals surface area contributed by atoms with Gasteiger partial charge in [-0.3, -0.25) is 0 Å². The minimum atomic E-state index is 0.438. The van der Waals surface area contributed by atoms with Crippen molar-refractivity contribution in [2.45, 2.75) is 46.1 Å². The predicted octanol–water partition coefficient (Wildman–Crippen LogP) is 3.96. The third-order valence-corrected chi connectivity index (χ3v) is 4.07. The van der Waals surface area contributed by atoms with Crippen molar-refractivity contribution in [3.8, 4) is 0 Å². The summed E-state index contributed by atoms with van der Waals surface area (Å²) in [6, 6.07) is 9.64. The second kappa shape index (κ2) is 7.80. The first-order valence-electron chi connectivity index (χ1n) is 8.10. The van der Waals surface area contributed by atoms with Crippen molar-refractivity contribution in [3.05, 3.63) is 35.4 Å². The Balaban J connectivity index is 2.07. The van der Waals surface area contributed by atoms with Gasteiger partial charge in [-0.2, -0.15) is 0 Å². The lowest BCUT2D eigenvalue weighted by molar-refractivity contribution is 0.0393. The van der Waals surface area contributed by atoms with Gasteiger partial charge in [-0.15, -0.1) is 0 Å². The van der Waals surface area contributed by atoms with Crippen molar-refractivity contribution in [1.82, 2.24) is 5.32 Å². The SMILES string of the molecule is CCNC(c1ccc(CC(C)C)cc1)C1CCCOC1. The maximum atomic E-state index is 5.67. The molecule has 1 N–H and O–H groups in total. The van der Waals surface area contributed by atoms with E-state index >= 15 is 0 Å². The molecule has 0 bridgehead atoms. The predicted molar refractivity (Wildman–Crippen MR) is 84.9 cm³/mol. The van der Waals surface area contributed by atoms with E-state index in [-0.39, 0.29) is 0 Å². The molecular formula is C18H29NO. The van der Waals surface area contributed by atoms with E-state index in [0.29, 0.717) is 12.0 Å². The van der Waals surface area contributed by atoms with E-state index in [1.807, 2.05) is 0 Å². The highest BCUT2D eigenvalue weighted by Gasteiger charge is 2.24. The van der Waals surface area contributed by atoms with Crippen molar-refractivity contribution >= 4 is 0 Å². The third-order valence-electron chi connectivity index (χ3n) is 4.07. The summed E-state index contributed by atoms with van der Waals surface area (Å²) < 4.78 is 5.67. The summed E-state index contributed by atoms with van der Waals surface area (Å²) >= 11 is 0. The van der Waals surface area contributed by atoms with Crippen molar-refractivity contribution < 1.29 is 4.74 Å². The zero-order chi connectivity index (χ0) is 14.4. The molecule has 2 nitrogen and oxygen atoms in total. The van der Waals surface area contributed by atoms with Crippen LogP contribution in [0.4, 0.5) is 0 Å². The highest BCUT2D eigenvalue weighted by Crippen LogP contribution is 2.29. The van der Waals surface area contributed by atoms with Gasteiger partial charge < -0.3 is 10.1 Å². The molecule has 2 unspecified atom stereocenters. The minimum absolute atomic E-state index is 0.438. The molecule has 0 radical (unpaired) electrons. The fourth-order valence-corrected chi connectivity index (χ4v) is 3.14. The highest BCUT2D eigenvalue weighted by atomic mass is 16.5. The molecule has 1 fully saturated rings. The standard InChI is InChI=1S/C18H29NO/c1-4-19-18(17-6-5-11-20-13-17)16-9-7-15(8-10-16)12-14(2)3/h7-10,14,17-19H,4-6,11-13H2,1-3H3. The molecule has 1 heterocycles. The smallest absolute Gasteiger partial charge is 0.0512 e. The molecule has 2 atom stereocenters. The van der Waals surface area contributed by atoms with E-state index in [9.17, 15) is 0 Å². The van der Waals surface area contributed by atoms with Crippen LogP contribution in [0.15, 0.2) is 24.3 Å². The van der Waals surface area contributed by atoms with Crippen LogP contribution >= 0.6 is 0 Å². The number of hydrogen-bond acceptors (Lipinski definition) is 2. The molecule has 0 aromatic heterocycles. The van der Waals surface area contributed by atoms with Crippen LogP contribution in [0.25, 0.3) is 0 Å². The van der Waals surface area contributed by atoms with Crippen LogP contribution in [0.1, 0.15) is 50.8 Å². The summed E-state index contributed by atoms with van der Waals surface area (Å²) in [7, 11) is 0. The van der Waals surface area contributed by atoms with Crippen LogP contribution in [0.2, 0.25) is 0 Å². The van der Waals surface area contributed by atoms with Gasteiger partial charge in [0.2, 0.25) is 0 Å². The average Bonchev–Trinajstić information content (AvgIpc) is 2.46. The Hall–Kier alpha value is -0.860. The van der Waals surface area contributed by atoms with Crippen LogP contribution in [-0.2, 0) is 11.2 Å². The summed E-state index contributed by atoms with van der Waals surface area (Å²) in [5.41, 5.74) is 2.86. The lowest BCUT2D eigenvalue weighted by Gasteiger charge is -2.31. The van der Waals surface area contributed by atoms with Gasteiger partial charge >= 0.3 is 0 Å². The Kier molecular flexibility index (Phi) is 6.06. The topological polar surface area (TPSA) is 21.3 Å². The van der Waals surface area contributed by atoms with E-state index in [0.717, 1.165) is 25.7 Å². The molecule has 0 aliphatic carbocycles. The van der Waals surface area contributed by atoms with Crippen molar-refractivity contribution in [2.24, 2.45) is 11.8 Å². The molecule has 0 amide bonds. The van der Waals surface area contributed by atoms with E-state index < -0.39 is 0 Å². The van der Waals surface area contributed by atoms with Crippen LogP contribution in [0.5, 0.6) is 0 Å². The van der Waals surface area contributed by atoms with Gasteiger partial charge in [-0.1, -0.05) is 45.0 Å². The molecular weight excluding hydrogens is 246 g/mol. The first-order valence-corrected chi connectivity index (χ1v) is 8.10. The van der Waals surface area contributed by atoms with Gasteiger partial charge in [0.1, 0.15) is 0 Å². The van der Waals surface area contributed by atoms with E-state index in [4.69, 9.17) is 4.74 Å². The molecule has 2 heteroatoms. The molecule has 0 spiro atoms. The normalized spacial score (nSPS) is 21.1. The summed E-state index contributed by atoms with van der Waals surface area (Å²) in [6.07, 6.45) is 3.63. The average molecular weight is 275 g/mol. The van der Waals surface area contributed by atoms with Crippen molar-refractivity contribution in [3.63, 3.8) is 0 Å². The Morgan fingerprint density at radius 2 is 2.00 bits per heavy atom. The van der Waals surface area contributed by atoms with Gasteiger partial charge in [-0.05, 0) is 42.9 Å². The first kappa shape index (κ1) is 15.5. The van der Waals surface area contributed by atoms with E-state index in [1.165, 1.54) is 30.4 Å². The van der Waals surface area contributed by atoms with E-state index in [1.54, 1.807) is 0 Å². The van der Waals surface area contributed by atoms with Crippen LogP contribution in [0.3, 0.4) is 0 Å². The van der Waals surface area contributed by atoms with Gasteiger partial charge in [0.25, 0.3) is 0 Å². The Bertz CT molecular complexity index is 379. The molecule has 1 aromatic carbocycles. The molecule has 112 valence electrons. The van der Waals surface area contributed by atoms with Crippen LogP contribution < -0.4 is 5.32 Å². The Morgan fingerprint density at radius 3 is 2.55 bits per heavy atom. The van der Waals surface area contributed by atoms with E-state index in [2.05, 4.69) is 50.4 Å². The fraction of sp³-hybridized carbons (Fsp3) is 0.667. The van der Waals surface area contributed by atoms with Crippen LogP contribution in [0, 0.1) is 11.8 Å². The third kappa shape index (κ3) is 4.32. The highest BCUT2D eigenvalue weighted by molar-refractivity contribution is 5.26. The number of hydrogen-bond donors (Lipinski definition) is 1. The molecule has 1 aliphatic rings. The zero-order valence-electron chi connectivity index (χ0n) is 13.2. The first-order chi connectivity index (χ1) is 9.70. The number of benzene rings is 1. The molecule has 1 aromatic rings. The maximum absolute atomic E-state index is 5.67.